The molecule has 108 valence electrons. The van der Waals surface area contributed by atoms with Crippen LogP contribution in [-0.4, -0.2) is 81.2 Å². The Balaban J connectivity index is 2.04. The van der Waals surface area contributed by atoms with Gasteiger partial charge in [-0.15, -0.1) is 0 Å². The average Bonchev–Trinajstić information content (AvgIpc) is 2.37. The molecule has 0 saturated carbocycles. The van der Waals surface area contributed by atoms with Gasteiger partial charge in [0, 0.05) is 39.3 Å². The molecule has 0 bridgehead atoms. The molecule has 4 heteroatoms. The van der Waals surface area contributed by atoms with Crippen molar-refractivity contribution in [3.63, 3.8) is 0 Å². The fraction of sp³-hybridized carbons (Fsp3) is 1.00. The molecule has 1 aliphatic heterocycles. The van der Waals surface area contributed by atoms with Crippen LogP contribution in [0.3, 0.4) is 0 Å². The maximum absolute atomic E-state index is 5.64. The highest BCUT2D eigenvalue weighted by molar-refractivity contribution is 4.72. The van der Waals surface area contributed by atoms with Crippen molar-refractivity contribution < 1.29 is 0 Å². The minimum absolute atomic E-state index is 0.686. The fourth-order valence-electron chi connectivity index (χ4n) is 2.36. The minimum Gasteiger partial charge on any atom is -0.330 e. The molecular formula is C14H32N4. The Labute approximate surface area is 113 Å². The standard InChI is InChI=1S/C14H32N4/c1-14(13-15)5-4-6-17-9-11-18(12-10-17)8-7-16(2)3/h14H,4-13,15H2,1-3H3. The second-order valence-corrected chi connectivity index (χ2v) is 5.97. The third-order valence-electron chi connectivity index (χ3n) is 3.90. The number of nitrogens with two attached hydrogens (primary N) is 1. The molecule has 1 aliphatic rings. The van der Waals surface area contributed by atoms with Crippen LogP contribution in [-0.2, 0) is 0 Å². The molecule has 0 amide bonds. The van der Waals surface area contributed by atoms with Gasteiger partial charge >= 0.3 is 0 Å². The highest BCUT2D eigenvalue weighted by Gasteiger charge is 2.16. The molecule has 4 nitrogen and oxygen atoms in total. The molecule has 2 N–H and O–H groups in total. The Morgan fingerprint density at radius 3 is 2.11 bits per heavy atom. The van der Waals surface area contributed by atoms with Crippen molar-refractivity contribution in [3.05, 3.63) is 0 Å². The van der Waals surface area contributed by atoms with Gasteiger partial charge in [0.25, 0.3) is 0 Å². The molecule has 0 aromatic rings. The predicted molar refractivity (Wildman–Crippen MR) is 78.9 cm³/mol. The van der Waals surface area contributed by atoms with E-state index in [9.17, 15) is 0 Å². The Morgan fingerprint density at radius 2 is 1.61 bits per heavy atom. The van der Waals surface area contributed by atoms with E-state index in [4.69, 9.17) is 5.73 Å². The van der Waals surface area contributed by atoms with E-state index in [1.165, 1.54) is 58.7 Å². The van der Waals surface area contributed by atoms with Crippen LogP contribution in [0.2, 0.25) is 0 Å². The maximum atomic E-state index is 5.64. The summed E-state index contributed by atoms with van der Waals surface area (Å²) in [6.07, 6.45) is 2.58. The summed E-state index contributed by atoms with van der Waals surface area (Å²) < 4.78 is 0. The van der Waals surface area contributed by atoms with Crippen LogP contribution >= 0.6 is 0 Å². The van der Waals surface area contributed by atoms with Crippen LogP contribution in [0.1, 0.15) is 19.8 Å². The van der Waals surface area contributed by atoms with Crippen LogP contribution in [0.4, 0.5) is 0 Å². The summed E-state index contributed by atoms with van der Waals surface area (Å²) in [6, 6.07) is 0. The zero-order valence-electron chi connectivity index (χ0n) is 12.6. The largest absolute Gasteiger partial charge is 0.330 e. The van der Waals surface area contributed by atoms with Crippen LogP contribution in [0.5, 0.6) is 0 Å². The predicted octanol–water partition coefficient (Wildman–Crippen LogP) is 0.541. The first-order valence-corrected chi connectivity index (χ1v) is 7.41. The average molecular weight is 256 g/mol. The summed E-state index contributed by atoms with van der Waals surface area (Å²) >= 11 is 0. The summed E-state index contributed by atoms with van der Waals surface area (Å²) in [6.45, 7) is 11.7. The molecule has 1 rings (SSSR count). The molecular weight excluding hydrogens is 224 g/mol. The molecule has 1 unspecified atom stereocenters. The van der Waals surface area contributed by atoms with Crippen LogP contribution in [0, 0.1) is 5.92 Å². The van der Waals surface area contributed by atoms with Crippen LogP contribution in [0.15, 0.2) is 0 Å². The highest BCUT2D eigenvalue weighted by atomic mass is 15.3. The second kappa shape index (κ2) is 8.86. The van der Waals surface area contributed by atoms with Crippen molar-refractivity contribution in [1.29, 1.82) is 0 Å². The second-order valence-electron chi connectivity index (χ2n) is 5.97. The number of piperazine rings is 1. The topological polar surface area (TPSA) is 35.7 Å². The van der Waals surface area contributed by atoms with E-state index in [0.717, 1.165) is 6.54 Å². The number of likely N-dealkylation sites (N-methyl/N-ethyl adjacent to an activating group) is 1. The molecule has 0 aromatic heterocycles. The SMILES string of the molecule is CC(CN)CCCN1CCN(CCN(C)C)CC1. The van der Waals surface area contributed by atoms with E-state index < -0.39 is 0 Å². The summed E-state index contributed by atoms with van der Waals surface area (Å²) in [5.41, 5.74) is 5.64. The van der Waals surface area contributed by atoms with Gasteiger partial charge in [-0.05, 0) is 45.9 Å². The van der Waals surface area contributed by atoms with E-state index in [0.29, 0.717) is 5.92 Å². The van der Waals surface area contributed by atoms with Crippen molar-refractivity contribution in [3.8, 4) is 0 Å². The van der Waals surface area contributed by atoms with Crippen LogP contribution < -0.4 is 5.73 Å². The molecule has 0 radical (unpaired) electrons. The van der Waals surface area contributed by atoms with Gasteiger partial charge in [0.1, 0.15) is 0 Å². The molecule has 18 heavy (non-hydrogen) atoms. The lowest BCUT2D eigenvalue weighted by atomic mass is 10.1. The molecule has 1 heterocycles. The molecule has 1 atom stereocenters. The fourth-order valence-corrected chi connectivity index (χ4v) is 2.36. The van der Waals surface area contributed by atoms with E-state index in [-0.39, 0.29) is 0 Å². The van der Waals surface area contributed by atoms with Gasteiger partial charge in [-0.25, -0.2) is 0 Å². The van der Waals surface area contributed by atoms with E-state index in [1.54, 1.807) is 0 Å². The monoisotopic (exact) mass is 256 g/mol. The maximum Gasteiger partial charge on any atom is 0.0110 e. The molecule has 0 aliphatic carbocycles. The summed E-state index contributed by atoms with van der Waals surface area (Å²) in [7, 11) is 4.30. The Bertz CT molecular complexity index is 200. The van der Waals surface area contributed by atoms with E-state index >= 15 is 0 Å². The van der Waals surface area contributed by atoms with E-state index in [2.05, 4.69) is 35.7 Å². The van der Waals surface area contributed by atoms with Gasteiger partial charge in [-0.1, -0.05) is 6.92 Å². The van der Waals surface area contributed by atoms with Gasteiger partial charge in [0.05, 0.1) is 0 Å². The number of hydrogen-bond acceptors (Lipinski definition) is 4. The van der Waals surface area contributed by atoms with Gasteiger partial charge in [-0.3, -0.25) is 4.90 Å². The number of hydrogen-bond donors (Lipinski definition) is 1. The van der Waals surface area contributed by atoms with Crippen molar-refractivity contribution >= 4 is 0 Å². The van der Waals surface area contributed by atoms with Crippen molar-refractivity contribution in [2.24, 2.45) is 11.7 Å². The smallest absolute Gasteiger partial charge is 0.0110 e. The summed E-state index contributed by atoms with van der Waals surface area (Å²) in [5.74, 6) is 0.686. The van der Waals surface area contributed by atoms with Gasteiger partial charge in [0.2, 0.25) is 0 Å². The zero-order valence-corrected chi connectivity index (χ0v) is 12.6. The lowest BCUT2D eigenvalue weighted by molar-refractivity contribution is 0.123. The van der Waals surface area contributed by atoms with Crippen molar-refractivity contribution in [2.45, 2.75) is 19.8 Å². The Morgan fingerprint density at radius 1 is 1.06 bits per heavy atom. The Hall–Kier alpha value is -0.160. The first-order valence-electron chi connectivity index (χ1n) is 7.41. The van der Waals surface area contributed by atoms with Gasteiger partial charge in [-0.2, -0.15) is 0 Å². The van der Waals surface area contributed by atoms with Crippen molar-refractivity contribution in [1.82, 2.24) is 14.7 Å². The third kappa shape index (κ3) is 6.69. The molecule has 0 aromatic carbocycles. The highest BCUT2D eigenvalue weighted by Crippen LogP contribution is 2.07. The lowest BCUT2D eigenvalue weighted by Crippen LogP contribution is -2.48. The molecule has 1 saturated heterocycles. The summed E-state index contributed by atoms with van der Waals surface area (Å²) in [4.78, 5) is 7.45. The zero-order chi connectivity index (χ0) is 13.4. The normalized spacial score (nSPS) is 20.5. The van der Waals surface area contributed by atoms with Crippen LogP contribution in [0.25, 0.3) is 0 Å². The first-order chi connectivity index (χ1) is 8.61. The van der Waals surface area contributed by atoms with Gasteiger partial charge in [0.15, 0.2) is 0 Å². The molecule has 1 fully saturated rings. The number of nitrogens with zero attached hydrogens (tertiary/aromatic N) is 3. The summed E-state index contributed by atoms with van der Waals surface area (Å²) in [5, 5.41) is 0. The lowest BCUT2D eigenvalue weighted by Gasteiger charge is -2.35. The van der Waals surface area contributed by atoms with E-state index in [1.807, 2.05) is 0 Å². The van der Waals surface area contributed by atoms with Gasteiger partial charge < -0.3 is 15.5 Å². The minimum atomic E-state index is 0.686. The first kappa shape index (κ1) is 15.9. The Kier molecular flexibility index (Phi) is 7.82. The quantitative estimate of drug-likeness (QED) is 0.688. The van der Waals surface area contributed by atoms with Crippen molar-refractivity contribution in [2.75, 3.05) is 66.5 Å². The molecule has 0 spiro atoms. The third-order valence-corrected chi connectivity index (χ3v) is 3.90. The number of rotatable bonds is 8.